The Morgan fingerprint density at radius 3 is 1.90 bits per heavy atom. The van der Waals surface area contributed by atoms with E-state index in [-0.39, 0.29) is 0 Å². The Hall–Kier alpha value is -1.78. The highest BCUT2D eigenvalue weighted by atomic mass is 32.1. The number of hydrogen-bond donors (Lipinski definition) is 0. The summed E-state index contributed by atoms with van der Waals surface area (Å²) in [5.41, 5.74) is 5.18. The number of thiophene rings is 2. The van der Waals surface area contributed by atoms with E-state index in [4.69, 9.17) is 4.74 Å². The van der Waals surface area contributed by atoms with E-state index in [0.717, 1.165) is 11.5 Å². The molecule has 21 heavy (non-hydrogen) atoms. The molecule has 3 heterocycles. The fourth-order valence-corrected chi connectivity index (χ4v) is 4.73. The van der Waals surface area contributed by atoms with E-state index in [1.165, 1.54) is 32.4 Å². The lowest BCUT2D eigenvalue weighted by Gasteiger charge is -2.30. The second kappa shape index (κ2) is 4.61. The van der Waals surface area contributed by atoms with Crippen LogP contribution in [0.3, 0.4) is 0 Å². The zero-order chi connectivity index (χ0) is 14.6. The van der Waals surface area contributed by atoms with Gasteiger partial charge in [0.1, 0.15) is 10.0 Å². The molecule has 0 bridgehead atoms. The van der Waals surface area contributed by atoms with Crippen molar-refractivity contribution in [1.29, 1.82) is 0 Å². The molecule has 4 heteroatoms. The highest BCUT2D eigenvalue weighted by molar-refractivity contribution is 7.17. The van der Waals surface area contributed by atoms with Crippen molar-refractivity contribution in [2.24, 2.45) is 0 Å². The molecule has 2 nitrogen and oxygen atoms in total. The van der Waals surface area contributed by atoms with Gasteiger partial charge in [0.25, 0.3) is 0 Å². The Balaban J connectivity index is 2.00. The third kappa shape index (κ3) is 1.90. The fourth-order valence-electron chi connectivity index (χ4n) is 3.00. The minimum Gasteiger partial charge on any atom is -0.451 e. The van der Waals surface area contributed by atoms with Crippen molar-refractivity contribution in [1.82, 2.24) is 0 Å². The van der Waals surface area contributed by atoms with Crippen molar-refractivity contribution in [3.8, 4) is 11.5 Å². The van der Waals surface area contributed by atoms with Crippen molar-refractivity contribution in [3.63, 3.8) is 0 Å². The van der Waals surface area contributed by atoms with Crippen LogP contribution in [0.4, 0.5) is 15.7 Å². The Morgan fingerprint density at radius 2 is 1.38 bits per heavy atom. The van der Waals surface area contributed by atoms with Crippen LogP contribution in [0.1, 0.15) is 16.7 Å². The molecule has 0 spiro atoms. The van der Waals surface area contributed by atoms with Crippen LogP contribution in [-0.2, 0) is 0 Å². The monoisotopic (exact) mass is 313 g/mol. The average molecular weight is 313 g/mol. The molecular formula is C17H15NOS2. The van der Waals surface area contributed by atoms with Crippen LogP contribution in [0.15, 0.2) is 35.0 Å². The molecule has 4 rings (SSSR count). The van der Waals surface area contributed by atoms with Gasteiger partial charge in [0, 0.05) is 0 Å². The van der Waals surface area contributed by atoms with Crippen LogP contribution in [0, 0.1) is 20.8 Å². The number of benzene rings is 1. The van der Waals surface area contributed by atoms with Crippen molar-refractivity contribution >= 4 is 38.4 Å². The molecule has 1 aliphatic heterocycles. The maximum Gasteiger partial charge on any atom is 0.162 e. The van der Waals surface area contributed by atoms with E-state index in [1.807, 2.05) is 12.1 Å². The summed E-state index contributed by atoms with van der Waals surface area (Å²) in [7, 11) is 0. The van der Waals surface area contributed by atoms with Gasteiger partial charge >= 0.3 is 0 Å². The van der Waals surface area contributed by atoms with Crippen LogP contribution < -0.4 is 9.64 Å². The molecule has 0 fully saturated rings. The van der Waals surface area contributed by atoms with Crippen LogP contribution in [-0.4, -0.2) is 0 Å². The molecule has 0 radical (unpaired) electrons. The zero-order valence-electron chi connectivity index (χ0n) is 12.1. The first-order valence-electron chi connectivity index (χ1n) is 6.86. The number of rotatable bonds is 1. The zero-order valence-corrected chi connectivity index (χ0v) is 13.8. The van der Waals surface area contributed by atoms with Crippen molar-refractivity contribution < 1.29 is 4.74 Å². The predicted octanol–water partition coefficient (Wildman–Crippen LogP) is 6.31. The molecule has 3 aromatic rings. The number of hydrogen-bond acceptors (Lipinski definition) is 4. The summed E-state index contributed by atoms with van der Waals surface area (Å²) in [5, 5.41) is 6.51. The quantitative estimate of drug-likeness (QED) is 0.408. The topological polar surface area (TPSA) is 12.5 Å². The molecule has 0 amide bonds. The molecule has 0 N–H and O–H groups in total. The van der Waals surface area contributed by atoms with Gasteiger partial charge in [-0.2, -0.15) is 0 Å². The van der Waals surface area contributed by atoms with Gasteiger partial charge in [-0.3, -0.25) is 4.90 Å². The van der Waals surface area contributed by atoms with Crippen molar-refractivity contribution in [3.05, 3.63) is 51.7 Å². The molecule has 0 aliphatic carbocycles. The Morgan fingerprint density at radius 1 is 0.857 bits per heavy atom. The molecule has 106 valence electrons. The molecule has 0 saturated carbocycles. The van der Waals surface area contributed by atoms with Crippen LogP contribution in [0.5, 0.6) is 11.5 Å². The highest BCUT2D eigenvalue weighted by Gasteiger charge is 2.29. The third-order valence-electron chi connectivity index (χ3n) is 3.70. The van der Waals surface area contributed by atoms with E-state index in [2.05, 4.69) is 48.6 Å². The van der Waals surface area contributed by atoms with E-state index in [9.17, 15) is 0 Å². The van der Waals surface area contributed by atoms with E-state index in [0.29, 0.717) is 0 Å². The summed E-state index contributed by atoms with van der Waals surface area (Å²) >= 11 is 3.45. The largest absolute Gasteiger partial charge is 0.451 e. The lowest BCUT2D eigenvalue weighted by Crippen LogP contribution is -2.14. The summed E-state index contributed by atoms with van der Waals surface area (Å²) in [6.07, 6.45) is 0. The first kappa shape index (κ1) is 12.9. The minimum atomic E-state index is 0.949. The van der Waals surface area contributed by atoms with Crippen LogP contribution in [0.2, 0.25) is 0 Å². The average Bonchev–Trinajstić information content (AvgIpc) is 3.04. The molecule has 1 aromatic carbocycles. The molecular weight excluding hydrogens is 298 g/mol. The maximum atomic E-state index is 5.99. The number of anilines is 3. The van der Waals surface area contributed by atoms with Crippen LogP contribution in [0.25, 0.3) is 0 Å². The van der Waals surface area contributed by atoms with E-state index < -0.39 is 0 Å². The smallest absolute Gasteiger partial charge is 0.162 e. The minimum absolute atomic E-state index is 0.949. The van der Waals surface area contributed by atoms with Gasteiger partial charge in [0.15, 0.2) is 11.5 Å². The summed E-state index contributed by atoms with van der Waals surface area (Å²) < 4.78 is 5.99. The summed E-state index contributed by atoms with van der Waals surface area (Å²) in [6, 6.07) is 8.59. The maximum absolute atomic E-state index is 5.99. The SMILES string of the molecule is Cc1cc(C)c(N2c3sccc3Oc3ccsc32)c(C)c1. The Labute approximate surface area is 132 Å². The Kier molecular flexibility index (Phi) is 2.84. The summed E-state index contributed by atoms with van der Waals surface area (Å²) in [5.74, 6) is 1.90. The first-order chi connectivity index (χ1) is 10.1. The third-order valence-corrected chi connectivity index (χ3v) is 5.46. The highest BCUT2D eigenvalue weighted by Crippen LogP contribution is 2.56. The van der Waals surface area contributed by atoms with Gasteiger partial charge in [-0.1, -0.05) is 17.7 Å². The molecule has 0 unspecified atom stereocenters. The molecule has 1 aliphatic rings. The molecule has 0 atom stereocenters. The Bertz CT molecular complexity index is 768. The normalized spacial score (nSPS) is 12.8. The van der Waals surface area contributed by atoms with Gasteiger partial charge in [0.2, 0.25) is 0 Å². The predicted molar refractivity (Wildman–Crippen MR) is 91.2 cm³/mol. The van der Waals surface area contributed by atoms with Crippen molar-refractivity contribution in [2.75, 3.05) is 4.90 Å². The molecule has 2 aromatic heterocycles. The number of aryl methyl sites for hydroxylation is 3. The van der Waals surface area contributed by atoms with Gasteiger partial charge in [-0.05, 0) is 54.8 Å². The molecule has 0 saturated heterocycles. The lowest BCUT2D eigenvalue weighted by molar-refractivity contribution is 0.482. The standard InChI is InChI=1S/C17H15NOS2/c1-10-8-11(2)15(12(3)9-10)18-16-13(4-6-20-16)19-14-5-7-21-17(14)18/h4-9H,1-3H3. The fraction of sp³-hybridized carbons (Fsp3) is 0.176. The van der Waals surface area contributed by atoms with Crippen LogP contribution >= 0.6 is 22.7 Å². The number of fused-ring (bicyclic) bond motifs is 2. The lowest BCUT2D eigenvalue weighted by atomic mass is 10.0. The van der Waals surface area contributed by atoms with Gasteiger partial charge < -0.3 is 4.74 Å². The second-order valence-corrected chi connectivity index (χ2v) is 7.15. The van der Waals surface area contributed by atoms with Gasteiger partial charge in [-0.15, -0.1) is 22.7 Å². The summed E-state index contributed by atoms with van der Waals surface area (Å²) in [4.78, 5) is 2.35. The number of ether oxygens (including phenoxy) is 1. The second-order valence-electron chi connectivity index (χ2n) is 5.36. The number of nitrogens with zero attached hydrogens (tertiary/aromatic N) is 1. The summed E-state index contributed by atoms with van der Waals surface area (Å²) in [6.45, 7) is 6.52. The van der Waals surface area contributed by atoms with E-state index in [1.54, 1.807) is 22.7 Å². The van der Waals surface area contributed by atoms with Gasteiger partial charge in [-0.25, -0.2) is 0 Å². The van der Waals surface area contributed by atoms with Crippen molar-refractivity contribution in [2.45, 2.75) is 20.8 Å². The van der Waals surface area contributed by atoms with Gasteiger partial charge in [0.05, 0.1) is 5.69 Å². The first-order valence-corrected chi connectivity index (χ1v) is 8.62. The van der Waals surface area contributed by atoms with E-state index >= 15 is 0 Å².